The monoisotopic (exact) mass is 285 g/mol. The normalized spacial score (nSPS) is 24.6. The lowest BCUT2D eigenvalue weighted by Crippen LogP contribution is -2.49. The Balaban J connectivity index is 2.18. The Labute approximate surface area is 119 Å². The second-order valence-electron chi connectivity index (χ2n) is 5.31. The highest BCUT2D eigenvalue weighted by molar-refractivity contribution is 6.30. The van der Waals surface area contributed by atoms with E-state index < -0.39 is 0 Å². The average molecular weight is 286 g/mol. The van der Waals surface area contributed by atoms with E-state index in [1.807, 2.05) is 0 Å². The fraction of sp³-hybridized carbons (Fsp3) is 0.600. The van der Waals surface area contributed by atoms with E-state index in [1.165, 1.54) is 6.07 Å². The van der Waals surface area contributed by atoms with E-state index >= 15 is 0 Å². The Morgan fingerprint density at radius 2 is 2.32 bits per heavy atom. The SMILES string of the molecule is CCNC(Cc1cc(Cl)ccc1F)C1(C)CCCO1. The second-order valence-corrected chi connectivity index (χ2v) is 5.75. The lowest BCUT2D eigenvalue weighted by atomic mass is 9.88. The Morgan fingerprint density at radius 3 is 2.95 bits per heavy atom. The summed E-state index contributed by atoms with van der Waals surface area (Å²) in [7, 11) is 0. The number of hydrogen-bond donors (Lipinski definition) is 1. The molecule has 0 amide bonds. The fourth-order valence-corrected chi connectivity index (χ4v) is 2.94. The Bertz CT molecular complexity index is 432. The van der Waals surface area contributed by atoms with Crippen molar-refractivity contribution < 1.29 is 9.13 Å². The van der Waals surface area contributed by atoms with Gasteiger partial charge >= 0.3 is 0 Å². The van der Waals surface area contributed by atoms with Crippen LogP contribution in [0.2, 0.25) is 5.02 Å². The predicted molar refractivity (Wildman–Crippen MR) is 76.2 cm³/mol. The summed E-state index contributed by atoms with van der Waals surface area (Å²) >= 11 is 5.95. The molecule has 1 aromatic carbocycles. The molecule has 1 aliphatic heterocycles. The van der Waals surface area contributed by atoms with Crippen molar-refractivity contribution >= 4 is 11.6 Å². The lowest BCUT2D eigenvalue weighted by Gasteiger charge is -2.34. The Kier molecular flexibility index (Phi) is 4.82. The van der Waals surface area contributed by atoms with Gasteiger partial charge < -0.3 is 10.1 Å². The minimum atomic E-state index is -0.217. The number of benzene rings is 1. The molecule has 0 spiro atoms. The molecule has 1 saturated heterocycles. The van der Waals surface area contributed by atoms with E-state index in [9.17, 15) is 4.39 Å². The van der Waals surface area contributed by atoms with Gasteiger partial charge in [0.1, 0.15) is 5.82 Å². The van der Waals surface area contributed by atoms with Gasteiger partial charge in [-0.1, -0.05) is 18.5 Å². The topological polar surface area (TPSA) is 21.3 Å². The molecule has 2 rings (SSSR count). The van der Waals surface area contributed by atoms with Crippen LogP contribution in [0.4, 0.5) is 4.39 Å². The van der Waals surface area contributed by atoms with E-state index in [1.54, 1.807) is 12.1 Å². The molecule has 0 aromatic heterocycles. The first kappa shape index (κ1) is 14.8. The Hall–Kier alpha value is -0.640. The fourth-order valence-electron chi connectivity index (χ4n) is 2.75. The molecule has 2 nitrogen and oxygen atoms in total. The third-order valence-corrected chi connectivity index (χ3v) is 4.10. The number of rotatable bonds is 5. The van der Waals surface area contributed by atoms with Crippen molar-refractivity contribution in [2.24, 2.45) is 0 Å². The molecule has 106 valence electrons. The average Bonchev–Trinajstić information content (AvgIpc) is 2.81. The van der Waals surface area contributed by atoms with Crippen LogP contribution in [-0.2, 0) is 11.2 Å². The molecular weight excluding hydrogens is 265 g/mol. The molecule has 1 aliphatic rings. The minimum absolute atomic E-state index is 0.105. The summed E-state index contributed by atoms with van der Waals surface area (Å²) in [5, 5.41) is 4.00. The van der Waals surface area contributed by atoms with Crippen LogP contribution in [0.1, 0.15) is 32.3 Å². The van der Waals surface area contributed by atoms with Gasteiger partial charge in [0.2, 0.25) is 0 Å². The molecule has 2 atom stereocenters. The van der Waals surface area contributed by atoms with E-state index in [4.69, 9.17) is 16.3 Å². The van der Waals surface area contributed by atoms with Gasteiger partial charge in [0.05, 0.1) is 5.60 Å². The van der Waals surface area contributed by atoms with Crippen LogP contribution in [0, 0.1) is 5.82 Å². The summed E-state index contributed by atoms with van der Waals surface area (Å²) in [6.45, 7) is 5.79. The molecule has 0 radical (unpaired) electrons. The molecule has 1 aromatic rings. The molecule has 0 aliphatic carbocycles. The van der Waals surface area contributed by atoms with Crippen LogP contribution in [0.3, 0.4) is 0 Å². The summed E-state index contributed by atoms with van der Waals surface area (Å²) in [5.74, 6) is -0.200. The highest BCUT2D eigenvalue weighted by Crippen LogP contribution is 2.31. The van der Waals surface area contributed by atoms with E-state index in [0.29, 0.717) is 17.0 Å². The van der Waals surface area contributed by atoms with Crippen molar-refractivity contribution in [2.75, 3.05) is 13.2 Å². The third-order valence-electron chi connectivity index (χ3n) is 3.87. The number of ether oxygens (including phenoxy) is 1. The zero-order chi connectivity index (χ0) is 13.9. The summed E-state index contributed by atoms with van der Waals surface area (Å²) in [6, 6.07) is 4.82. The predicted octanol–water partition coefficient (Wildman–Crippen LogP) is 3.57. The van der Waals surface area contributed by atoms with Crippen molar-refractivity contribution in [3.8, 4) is 0 Å². The van der Waals surface area contributed by atoms with Crippen molar-refractivity contribution in [2.45, 2.75) is 44.8 Å². The maximum Gasteiger partial charge on any atom is 0.126 e. The maximum atomic E-state index is 13.9. The number of nitrogens with one attached hydrogen (secondary N) is 1. The van der Waals surface area contributed by atoms with Crippen LogP contribution < -0.4 is 5.32 Å². The van der Waals surface area contributed by atoms with Gasteiger partial charge in [0.15, 0.2) is 0 Å². The molecular formula is C15H21ClFNO. The van der Waals surface area contributed by atoms with Crippen LogP contribution in [-0.4, -0.2) is 24.8 Å². The summed E-state index contributed by atoms with van der Waals surface area (Å²) in [6.07, 6.45) is 2.67. The number of hydrogen-bond acceptors (Lipinski definition) is 2. The van der Waals surface area contributed by atoms with Gasteiger partial charge in [-0.05, 0) is 56.5 Å². The summed E-state index contributed by atoms with van der Waals surface area (Å²) in [5.41, 5.74) is 0.431. The van der Waals surface area contributed by atoms with Crippen LogP contribution in [0.15, 0.2) is 18.2 Å². The quantitative estimate of drug-likeness (QED) is 0.893. The molecule has 0 saturated carbocycles. The number of likely N-dealkylation sites (N-methyl/N-ethyl adjacent to an activating group) is 1. The van der Waals surface area contributed by atoms with Crippen molar-refractivity contribution in [1.82, 2.24) is 5.32 Å². The van der Waals surface area contributed by atoms with Gasteiger partial charge in [-0.3, -0.25) is 0 Å². The van der Waals surface area contributed by atoms with Gasteiger partial charge in [0.25, 0.3) is 0 Å². The minimum Gasteiger partial charge on any atom is -0.374 e. The van der Waals surface area contributed by atoms with Crippen LogP contribution >= 0.6 is 11.6 Å². The van der Waals surface area contributed by atoms with Gasteiger partial charge in [-0.2, -0.15) is 0 Å². The summed E-state index contributed by atoms with van der Waals surface area (Å²) < 4.78 is 19.7. The lowest BCUT2D eigenvalue weighted by molar-refractivity contribution is -0.0112. The standard InChI is InChI=1S/C15H21ClFNO/c1-3-18-14(15(2)7-4-8-19-15)10-11-9-12(16)5-6-13(11)17/h5-6,9,14,18H,3-4,7-8,10H2,1-2H3. The van der Waals surface area contributed by atoms with E-state index in [2.05, 4.69) is 19.2 Å². The molecule has 2 unspecified atom stereocenters. The molecule has 1 heterocycles. The Morgan fingerprint density at radius 1 is 1.53 bits per heavy atom. The zero-order valence-corrected chi connectivity index (χ0v) is 12.3. The first-order valence-corrected chi connectivity index (χ1v) is 7.24. The molecule has 4 heteroatoms. The molecule has 19 heavy (non-hydrogen) atoms. The van der Waals surface area contributed by atoms with Crippen LogP contribution in [0.25, 0.3) is 0 Å². The van der Waals surface area contributed by atoms with Crippen molar-refractivity contribution in [1.29, 1.82) is 0 Å². The van der Waals surface area contributed by atoms with Crippen molar-refractivity contribution in [3.63, 3.8) is 0 Å². The van der Waals surface area contributed by atoms with E-state index in [-0.39, 0.29) is 17.5 Å². The molecule has 0 bridgehead atoms. The van der Waals surface area contributed by atoms with Crippen molar-refractivity contribution in [3.05, 3.63) is 34.6 Å². The van der Waals surface area contributed by atoms with E-state index in [0.717, 1.165) is 26.0 Å². The highest BCUT2D eigenvalue weighted by Gasteiger charge is 2.38. The zero-order valence-electron chi connectivity index (χ0n) is 11.5. The largest absolute Gasteiger partial charge is 0.374 e. The number of halogens is 2. The smallest absolute Gasteiger partial charge is 0.126 e. The second kappa shape index (κ2) is 6.21. The van der Waals surface area contributed by atoms with Gasteiger partial charge in [-0.25, -0.2) is 4.39 Å². The first-order valence-electron chi connectivity index (χ1n) is 6.86. The molecule has 1 fully saturated rings. The molecule has 1 N–H and O–H groups in total. The summed E-state index contributed by atoms with van der Waals surface area (Å²) in [4.78, 5) is 0. The third kappa shape index (κ3) is 3.47. The van der Waals surface area contributed by atoms with Gasteiger partial charge in [0, 0.05) is 17.7 Å². The first-order chi connectivity index (χ1) is 9.05. The highest BCUT2D eigenvalue weighted by atomic mass is 35.5. The maximum absolute atomic E-state index is 13.9. The van der Waals surface area contributed by atoms with Crippen LogP contribution in [0.5, 0.6) is 0 Å². The van der Waals surface area contributed by atoms with Gasteiger partial charge in [-0.15, -0.1) is 0 Å².